The molecule has 0 aliphatic carbocycles. The van der Waals surface area contributed by atoms with Gasteiger partial charge in [0, 0.05) is 19.1 Å². The van der Waals surface area contributed by atoms with Crippen LogP contribution in [0, 0.1) is 0 Å². The van der Waals surface area contributed by atoms with Crippen molar-refractivity contribution < 1.29 is 22.7 Å². The van der Waals surface area contributed by atoms with Gasteiger partial charge in [0.05, 0.1) is 0 Å². The van der Waals surface area contributed by atoms with E-state index in [1.54, 1.807) is 20.8 Å². The van der Waals surface area contributed by atoms with Crippen molar-refractivity contribution in [1.29, 1.82) is 0 Å². The van der Waals surface area contributed by atoms with Crippen LogP contribution >= 0.6 is 11.3 Å². The summed E-state index contributed by atoms with van der Waals surface area (Å²) < 4.78 is 42.6. The van der Waals surface area contributed by atoms with Crippen molar-refractivity contribution in [2.24, 2.45) is 0 Å². The maximum atomic E-state index is 12.5. The number of alkyl halides is 3. The normalized spacial score (nSPS) is 19.4. The molecule has 0 saturated carbocycles. The highest BCUT2D eigenvalue weighted by Crippen LogP contribution is 2.33. The molecule has 1 amide bonds. The number of carbonyl (C=O) groups is 1. The number of nitrogens with one attached hydrogen (secondary N) is 1. The molecule has 1 aromatic rings. The molecule has 1 aliphatic heterocycles. The number of likely N-dealkylation sites (tertiary alicyclic amines) is 1. The minimum atomic E-state index is -4.49. The molecule has 1 fully saturated rings. The van der Waals surface area contributed by atoms with Crippen LogP contribution in [0.2, 0.25) is 0 Å². The Balaban J connectivity index is 1.89. The second-order valence-corrected chi connectivity index (χ2v) is 6.94. The van der Waals surface area contributed by atoms with Crippen LogP contribution in [0.5, 0.6) is 0 Å². The molecule has 0 radical (unpaired) electrons. The van der Waals surface area contributed by atoms with Gasteiger partial charge in [-0.25, -0.2) is 4.79 Å². The maximum Gasteiger partial charge on any atom is 0.445 e. The van der Waals surface area contributed by atoms with Crippen molar-refractivity contribution in [2.45, 2.75) is 45.0 Å². The van der Waals surface area contributed by atoms with E-state index in [0.29, 0.717) is 30.8 Å². The SMILES string of the molecule is CC(C)(C)OC(=O)N1CC[C@@H](Nc2nnc(C(F)(F)F)s2)C1. The highest BCUT2D eigenvalue weighted by molar-refractivity contribution is 7.15. The van der Waals surface area contributed by atoms with E-state index < -0.39 is 22.9 Å². The van der Waals surface area contributed by atoms with Gasteiger partial charge in [-0.1, -0.05) is 11.3 Å². The highest BCUT2D eigenvalue weighted by atomic mass is 32.1. The van der Waals surface area contributed by atoms with Gasteiger partial charge in [-0.15, -0.1) is 10.2 Å². The van der Waals surface area contributed by atoms with E-state index >= 15 is 0 Å². The summed E-state index contributed by atoms with van der Waals surface area (Å²) in [6.07, 6.45) is -4.30. The number of aromatic nitrogens is 2. The van der Waals surface area contributed by atoms with Crippen molar-refractivity contribution in [3.8, 4) is 0 Å². The van der Waals surface area contributed by atoms with Crippen molar-refractivity contribution in [3.63, 3.8) is 0 Å². The highest BCUT2D eigenvalue weighted by Gasteiger charge is 2.36. The zero-order chi connectivity index (χ0) is 16.5. The maximum absolute atomic E-state index is 12.5. The van der Waals surface area contributed by atoms with Crippen LogP contribution in [0.4, 0.5) is 23.1 Å². The van der Waals surface area contributed by atoms with Crippen LogP contribution in [0.15, 0.2) is 0 Å². The van der Waals surface area contributed by atoms with E-state index in [2.05, 4.69) is 15.5 Å². The Kier molecular flexibility index (Phi) is 4.50. The quantitative estimate of drug-likeness (QED) is 0.898. The summed E-state index contributed by atoms with van der Waals surface area (Å²) in [4.78, 5) is 13.4. The number of amides is 1. The van der Waals surface area contributed by atoms with Crippen LogP contribution < -0.4 is 5.32 Å². The number of hydrogen-bond donors (Lipinski definition) is 1. The Hall–Kier alpha value is -1.58. The lowest BCUT2D eigenvalue weighted by molar-refractivity contribution is -0.138. The molecule has 22 heavy (non-hydrogen) atoms. The van der Waals surface area contributed by atoms with Gasteiger partial charge in [0.25, 0.3) is 0 Å². The fourth-order valence-corrected chi connectivity index (χ4v) is 2.63. The monoisotopic (exact) mass is 338 g/mol. The van der Waals surface area contributed by atoms with E-state index in [1.807, 2.05) is 0 Å². The molecule has 6 nitrogen and oxygen atoms in total. The predicted molar refractivity (Wildman–Crippen MR) is 74.7 cm³/mol. The Bertz CT molecular complexity index is 541. The first-order valence-corrected chi connectivity index (χ1v) is 7.51. The molecular weight excluding hydrogens is 321 g/mol. The molecular formula is C12H17F3N4O2S. The number of rotatable bonds is 2. The molecule has 2 heterocycles. The van der Waals surface area contributed by atoms with E-state index in [-0.39, 0.29) is 11.2 Å². The minimum absolute atomic E-state index is 0.100. The van der Waals surface area contributed by atoms with E-state index in [4.69, 9.17) is 4.74 Å². The summed E-state index contributed by atoms with van der Waals surface area (Å²) in [6.45, 7) is 6.16. The summed E-state index contributed by atoms with van der Waals surface area (Å²) in [5.74, 6) is 0. The standard InChI is InChI=1S/C12H17F3N4O2S/c1-11(2,3)21-10(20)19-5-4-7(6-19)16-9-18-17-8(22-9)12(13,14)15/h7H,4-6H2,1-3H3,(H,16,18)/t7-/m1/s1. The average molecular weight is 338 g/mol. The van der Waals surface area contributed by atoms with Crippen LogP contribution in [0.1, 0.15) is 32.2 Å². The largest absolute Gasteiger partial charge is 0.445 e. The van der Waals surface area contributed by atoms with E-state index in [1.165, 1.54) is 4.90 Å². The molecule has 1 saturated heterocycles. The van der Waals surface area contributed by atoms with Crippen LogP contribution in [0.3, 0.4) is 0 Å². The van der Waals surface area contributed by atoms with Gasteiger partial charge in [0.2, 0.25) is 10.1 Å². The fraction of sp³-hybridized carbons (Fsp3) is 0.750. The van der Waals surface area contributed by atoms with Crippen LogP contribution in [-0.4, -0.2) is 45.9 Å². The topological polar surface area (TPSA) is 67.3 Å². The van der Waals surface area contributed by atoms with Gasteiger partial charge >= 0.3 is 12.3 Å². The molecule has 0 unspecified atom stereocenters. The van der Waals surface area contributed by atoms with Crippen molar-refractivity contribution in [3.05, 3.63) is 5.01 Å². The third-order valence-electron chi connectivity index (χ3n) is 2.84. The van der Waals surface area contributed by atoms with E-state index in [9.17, 15) is 18.0 Å². The molecule has 0 spiro atoms. The summed E-state index contributed by atoms with van der Waals surface area (Å²) in [7, 11) is 0. The number of nitrogens with zero attached hydrogens (tertiary/aromatic N) is 3. The van der Waals surface area contributed by atoms with Gasteiger partial charge in [0.15, 0.2) is 0 Å². The Morgan fingerprint density at radius 3 is 2.59 bits per heavy atom. The minimum Gasteiger partial charge on any atom is -0.444 e. The summed E-state index contributed by atoms with van der Waals surface area (Å²) in [5.41, 5.74) is -0.580. The molecule has 124 valence electrons. The van der Waals surface area contributed by atoms with Gasteiger partial charge < -0.3 is 15.0 Å². The van der Waals surface area contributed by atoms with Crippen molar-refractivity contribution >= 4 is 22.6 Å². The first kappa shape index (κ1) is 16.8. The Morgan fingerprint density at radius 1 is 1.36 bits per heavy atom. The predicted octanol–water partition coefficient (Wildman–Crippen LogP) is 2.98. The molecule has 10 heteroatoms. The molecule has 2 rings (SSSR count). The van der Waals surface area contributed by atoms with Gasteiger partial charge in [-0.3, -0.25) is 0 Å². The van der Waals surface area contributed by atoms with Gasteiger partial charge in [-0.05, 0) is 27.2 Å². The number of carbonyl (C=O) groups excluding carboxylic acids is 1. The van der Waals surface area contributed by atoms with Crippen LogP contribution in [-0.2, 0) is 10.9 Å². The fourth-order valence-electron chi connectivity index (χ4n) is 1.94. The lowest BCUT2D eigenvalue weighted by Crippen LogP contribution is -2.36. The van der Waals surface area contributed by atoms with Crippen LogP contribution in [0.25, 0.3) is 0 Å². The molecule has 1 N–H and O–H groups in total. The first-order valence-electron chi connectivity index (χ1n) is 6.70. The molecule has 0 bridgehead atoms. The van der Waals surface area contributed by atoms with Gasteiger partial charge in [0.1, 0.15) is 5.60 Å². The third-order valence-corrected chi connectivity index (χ3v) is 3.73. The summed E-state index contributed by atoms with van der Waals surface area (Å²) in [5, 5.41) is 8.57. The average Bonchev–Trinajstić information content (AvgIpc) is 2.95. The van der Waals surface area contributed by atoms with E-state index in [0.717, 1.165) is 0 Å². The lowest BCUT2D eigenvalue weighted by atomic mass is 10.2. The third kappa shape index (κ3) is 4.46. The van der Waals surface area contributed by atoms with Crippen molar-refractivity contribution in [2.75, 3.05) is 18.4 Å². The van der Waals surface area contributed by atoms with Crippen molar-refractivity contribution in [1.82, 2.24) is 15.1 Å². The summed E-state index contributed by atoms with van der Waals surface area (Å²) >= 11 is 0.453. The first-order chi connectivity index (χ1) is 10.0. The second-order valence-electron chi connectivity index (χ2n) is 5.97. The molecule has 1 atom stereocenters. The lowest BCUT2D eigenvalue weighted by Gasteiger charge is -2.24. The molecule has 0 aromatic carbocycles. The Labute approximate surface area is 129 Å². The van der Waals surface area contributed by atoms with Gasteiger partial charge in [-0.2, -0.15) is 13.2 Å². The zero-order valence-corrected chi connectivity index (χ0v) is 13.2. The number of halogens is 3. The number of anilines is 1. The number of hydrogen-bond acceptors (Lipinski definition) is 6. The second kappa shape index (κ2) is 5.90. The molecule has 1 aromatic heterocycles. The number of ether oxygens (including phenoxy) is 1. The Morgan fingerprint density at radius 2 is 2.05 bits per heavy atom. The summed E-state index contributed by atoms with van der Waals surface area (Å²) in [6, 6.07) is -0.165. The zero-order valence-electron chi connectivity index (χ0n) is 12.4. The molecule has 1 aliphatic rings. The smallest absolute Gasteiger partial charge is 0.444 e.